The number of nitrogens with zero attached hydrogens (tertiary/aromatic N) is 1. The molecule has 0 bridgehead atoms. The smallest absolute Gasteiger partial charge is 0.188 e. The van der Waals surface area contributed by atoms with Crippen LogP contribution in [0, 0.1) is 0 Å². The summed E-state index contributed by atoms with van der Waals surface area (Å²) in [7, 11) is 4.91. The fraction of sp³-hybridized carbons (Fsp3) is 0.350. The Morgan fingerprint density at radius 1 is 0.963 bits per heavy atom. The molecule has 0 spiro atoms. The number of hydrogen-bond acceptors (Lipinski definition) is 4. The molecule has 7 heteroatoms. The van der Waals surface area contributed by atoms with Crippen LogP contribution in [0.25, 0.3) is 0 Å². The van der Waals surface area contributed by atoms with Gasteiger partial charge in [0.2, 0.25) is 0 Å². The Labute approximate surface area is 178 Å². The van der Waals surface area contributed by atoms with E-state index in [1.165, 1.54) is 5.56 Å². The van der Waals surface area contributed by atoms with Crippen LogP contribution in [0.15, 0.2) is 47.5 Å². The number of rotatable bonds is 9. The van der Waals surface area contributed by atoms with Crippen molar-refractivity contribution in [3.05, 3.63) is 53.6 Å². The topological polar surface area (TPSA) is 78.1 Å². The molecule has 0 aliphatic carbocycles. The van der Waals surface area contributed by atoms with Crippen LogP contribution >= 0.6 is 24.0 Å². The molecule has 0 aliphatic heterocycles. The molecule has 2 rings (SSSR count). The van der Waals surface area contributed by atoms with Gasteiger partial charge in [0.05, 0.1) is 27.9 Å². The molecule has 0 fully saturated rings. The number of benzene rings is 2. The number of hydrogen-bond donors (Lipinski definition) is 2. The van der Waals surface area contributed by atoms with Gasteiger partial charge in [0, 0.05) is 6.54 Å². The fourth-order valence-electron chi connectivity index (χ4n) is 2.55. The van der Waals surface area contributed by atoms with E-state index in [2.05, 4.69) is 22.4 Å². The van der Waals surface area contributed by atoms with Gasteiger partial charge in [-0.3, -0.25) is 0 Å². The van der Waals surface area contributed by atoms with E-state index in [9.17, 15) is 0 Å². The second-order valence-electron chi connectivity index (χ2n) is 5.77. The van der Waals surface area contributed by atoms with E-state index in [0.717, 1.165) is 30.7 Å². The third-order valence-electron chi connectivity index (χ3n) is 3.96. The van der Waals surface area contributed by atoms with Crippen molar-refractivity contribution in [1.82, 2.24) is 5.32 Å². The second-order valence-corrected chi connectivity index (χ2v) is 5.77. The van der Waals surface area contributed by atoms with Crippen molar-refractivity contribution in [2.45, 2.75) is 19.4 Å². The predicted octanol–water partition coefficient (Wildman–Crippen LogP) is 3.37. The summed E-state index contributed by atoms with van der Waals surface area (Å²) in [4.78, 5) is 4.36. The van der Waals surface area contributed by atoms with Gasteiger partial charge in [-0.2, -0.15) is 0 Å². The van der Waals surface area contributed by atoms with Crippen LogP contribution in [0.3, 0.4) is 0 Å². The zero-order chi connectivity index (χ0) is 18.8. The Morgan fingerprint density at radius 2 is 1.74 bits per heavy atom. The molecule has 0 unspecified atom stereocenters. The summed E-state index contributed by atoms with van der Waals surface area (Å²) in [6.07, 6.45) is 1.91. The largest absolute Gasteiger partial charge is 0.497 e. The Bertz CT molecular complexity index is 738. The third-order valence-corrected chi connectivity index (χ3v) is 3.96. The second kappa shape index (κ2) is 12.3. The van der Waals surface area contributed by atoms with Crippen molar-refractivity contribution >= 4 is 29.9 Å². The van der Waals surface area contributed by atoms with Crippen LogP contribution in [0.2, 0.25) is 0 Å². The number of aryl methyl sites for hydroxylation is 1. The van der Waals surface area contributed by atoms with Gasteiger partial charge in [-0.15, -0.1) is 24.0 Å². The lowest BCUT2D eigenvalue weighted by Crippen LogP contribution is -2.32. The quantitative estimate of drug-likeness (QED) is 0.247. The van der Waals surface area contributed by atoms with Gasteiger partial charge in [0.25, 0.3) is 0 Å². The van der Waals surface area contributed by atoms with E-state index in [1.54, 1.807) is 21.3 Å². The number of nitrogens with one attached hydrogen (secondary N) is 1. The zero-order valence-corrected chi connectivity index (χ0v) is 18.4. The first-order valence-corrected chi connectivity index (χ1v) is 8.54. The molecule has 0 saturated carbocycles. The Kier molecular flexibility index (Phi) is 10.4. The van der Waals surface area contributed by atoms with Gasteiger partial charge in [-0.05, 0) is 48.2 Å². The first-order valence-electron chi connectivity index (χ1n) is 8.54. The number of aliphatic imine (C=N–C) groups is 1. The van der Waals surface area contributed by atoms with Crippen LogP contribution < -0.4 is 25.3 Å². The maximum Gasteiger partial charge on any atom is 0.188 e. The van der Waals surface area contributed by atoms with Gasteiger partial charge in [-0.25, -0.2) is 4.99 Å². The Hall–Kier alpha value is -2.16. The van der Waals surface area contributed by atoms with Crippen molar-refractivity contribution in [3.63, 3.8) is 0 Å². The monoisotopic (exact) mass is 485 g/mol. The summed E-state index contributed by atoms with van der Waals surface area (Å²) in [5.41, 5.74) is 8.18. The van der Waals surface area contributed by atoms with Crippen LogP contribution in [-0.4, -0.2) is 33.8 Å². The predicted molar refractivity (Wildman–Crippen MR) is 120 cm³/mol. The number of methoxy groups -OCH3 is 3. The van der Waals surface area contributed by atoms with Gasteiger partial charge in [0.1, 0.15) is 5.75 Å². The zero-order valence-electron chi connectivity index (χ0n) is 16.0. The maximum atomic E-state index is 5.94. The van der Waals surface area contributed by atoms with Crippen molar-refractivity contribution in [3.8, 4) is 17.2 Å². The summed E-state index contributed by atoms with van der Waals surface area (Å²) >= 11 is 0. The van der Waals surface area contributed by atoms with Crippen molar-refractivity contribution in [1.29, 1.82) is 0 Å². The molecular formula is C20H28IN3O3. The van der Waals surface area contributed by atoms with E-state index >= 15 is 0 Å². The van der Waals surface area contributed by atoms with Gasteiger partial charge >= 0.3 is 0 Å². The average molecular weight is 485 g/mol. The molecule has 0 heterocycles. The molecule has 27 heavy (non-hydrogen) atoms. The lowest BCUT2D eigenvalue weighted by Gasteiger charge is -2.09. The standard InChI is InChI=1S/C20H27N3O3.HI/c1-24-17-8-4-6-15(12-17)7-5-11-22-20(21)23-14-16-9-10-18(25-2)19(13-16)26-3;/h4,6,8-10,12-13H,5,7,11,14H2,1-3H3,(H3,21,22,23);1H. The van der Waals surface area contributed by atoms with Gasteiger partial charge in [-0.1, -0.05) is 18.2 Å². The van der Waals surface area contributed by atoms with Crippen molar-refractivity contribution in [2.75, 3.05) is 27.9 Å². The molecule has 0 amide bonds. The first kappa shape index (κ1) is 22.9. The highest BCUT2D eigenvalue weighted by molar-refractivity contribution is 14.0. The number of ether oxygens (including phenoxy) is 3. The molecule has 0 aromatic heterocycles. The Morgan fingerprint density at radius 3 is 2.44 bits per heavy atom. The molecule has 3 N–H and O–H groups in total. The minimum Gasteiger partial charge on any atom is -0.497 e. The van der Waals surface area contributed by atoms with Crippen LogP contribution in [0.5, 0.6) is 17.2 Å². The molecule has 0 aliphatic rings. The number of guanidine groups is 1. The maximum absolute atomic E-state index is 5.94. The molecule has 6 nitrogen and oxygen atoms in total. The summed E-state index contributed by atoms with van der Waals surface area (Å²) in [5.74, 6) is 2.70. The molecule has 0 saturated heterocycles. The van der Waals surface area contributed by atoms with Gasteiger partial charge < -0.3 is 25.3 Å². The minimum atomic E-state index is 0. The van der Waals surface area contributed by atoms with E-state index in [1.807, 2.05) is 30.3 Å². The lowest BCUT2D eigenvalue weighted by molar-refractivity contribution is 0.354. The highest BCUT2D eigenvalue weighted by atomic mass is 127. The van der Waals surface area contributed by atoms with Crippen LogP contribution in [0.4, 0.5) is 0 Å². The van der Waals surface area contributed by atoms with E-state index in [4.69, 9.17) is 19.9 Å². The van der Waals surface area contributed by atoms with E-state index in [-0.39, 0.29) is 24.0 Å². The third kappa shape index (κ3) is 7.54. The highest BCUT2D eigenvalue weighted by Gasteiger charge is 2.04. The summed E-state index contributed by atoms with van der Waals surface area (Å²) < 4.78 is 15.8. The fourth-order valence-corrected chi connectivity index (χ4v) is 2.55. The Balaban J connectivity index is 0.00000364. The summed E-state index contributed by atoms with van der Waals surface area (Å²) in [6, 6.07) is 13.8. The normalized spacial score (nSPS) is 10.7. The lowest BCUT2D eigenvalue weighted by atomic mass is 10.1. The number of nitrogens with two attached hydrogens (primary N) is 1. The van der Waals surface area contributed by atoms with Crippen LogP contribution in [0.1, 0.15) is 17.5 Å². The minimum absolute atomic E-state index is 0. The van der Waals surface area contributed by atoms with Crippen molar-refractivity contribution in [2.24, 2.45) is 10.7 Å². The molecule has 0 radical (unpaired) electrons. The molecule has 148 valence electrons. The molecule has 2 aromatic carbocycles. The molecule has 0 atom stereocenters. The van der Waals surface area contributed by atoms with Crippen molar-refractivity contribution < 1.29 is 14.2 Å². The van der Waals surface area contributed by atoms with E-state index in [0.29, 0.717) is 24.0 Å². The molecular weight excluding hydrogens is 457 g/mol. The summed E-state index contributed by atoms with van der Waals surface area (Å²) in [5, 5.41) is 3.14. The average Bonchev–Trinajstić information content (AvgIpc) is 2.69. The first-order chi connectivity index (χ1) is 12.7. The summed E-state index contributed by atoms with van der Waals surface area (Å²) in [6.45, 7) is 1.24. The highest BCUT2D eigenvalue weighted by Crippen LogP contribution is 2.27. The van der Waals surface area contributed by atoms with Crippen LogP contribution in [-0.2, 0) is 13.0 Å². The van der Waals surface area contributed by atoms with Gasteiger partial charge in [0.15, 0.2) is 17.5 Å². The SMILES string of the molecule is COc1cccc(CCCNC(N)=NCc2ccc(OC)c(OC)c2)c1.I. The number of halogens is 1. The van der Waals surface area contributed by atoms with E-state index < -0.39 is 0 Å². The molecule has 2 aromatic rings.